The van der Waals surface area contributed by atoms with Gasteiger partial charge in [0.15, 0.2) is 0 Å². The van der Waals surface area contributed by atoms with Crippen molar-refractivity contribution in [3.05, 3.63) is 29.8 Å². The summed E-state index contributed by atoms with van der Waals surface area (Å²) < 4.78 is 22.3. The highest BCUT2D eigenvalue weighted by molar-refractivity contribution is 5.77. The van der Waals surface area contributed by atoms with Gasteiger partial charge in [0.25, 0.3) is 12.4 Å². The summed E-state index contributed by atoms with van der Waals surface area (Å²) in [6.45, 7) is 3.82. The average molecular weight is 353 g/mol. The molecule has 1 aliphatic rings. The first-order valence-electron chi connectivity index (χ1n) is 8.29. The third-order valence-corrected chi connectivity index (χ3v) is 4.34. The lowest BCUT2D eigenvalue weighted by Gasteiger charge is -2.37. The van der Waals surface area contributed by atoms with Crippen molar-refractivity contribution in [2.75, 3.05) is 27.9 Å². The van der Waals surface area contributed by atoms with Crippen molar-refractivity contribution in [1.82, 2.24) is 5.06 Å². The number of carbonyl (C=O) groups is 1. The number of ether oxygens (including phenoxy) is 4. The Bertz CT molecular complexity index is 549. The Morgan fingerprint density at radius 2 is 2.00 bits per heavy atom. The summed E-state index contributed by atoms with van der Waals surface area (Å²) in [7, 11) is 4.67. The van der Waals surface area contributed by atoms with Crippen LogP contribution < -0.4 is 4.74 Å². The van der Waals surface area contributed by atoms with Crippen LogP contribution in [0, 0.1) is 11.8 Å². The minimum Gasteiger partial charge on any atom is -0.497 e. The molecule has 1 aliphatic heterocycles. The van der Waals surface area contributed by atoms with Crippen LogP contribution >= 0.6 is 0 Å². The van der Waals surface area contributed by atoms with Crippen LogP contribution in [0.4, 0.5) is 0 Å². The van der Waals surface area contributed by atoms with Crippen LogP contribution in [0.1, 0.15) is 19.4 Å². The Morgan fingerprint density at radius 1 is 1.32 bits per heavy atom. The monoisotopic (exact) mass is 353 g/mol. The molecule has 0 aliphatic carbocycles. The number of amides is 1. The predicted molar refractivity (Wildman–Crippen MR) is 90.5 cm³/mol. The summed E-state index contributed by atoms with van der Waals surface area (Å²) in [6, 6.07) is 7.57. The first-order valence-corrected chi connectivity index (χ1v) is 8.29. The third kappa shape index (κ3) is 5.15. The van der Waals surface area contributed by atoms with Crippen LogP contribution in [0.3, 0.4) is 0 Å². The fraction of sp³-hybridized carbons (Fsp3) is 0.611. The highest BCUT2D eigenvalue weighted by Gasteiger charge is 2.37. The van der Waals surface area contributed by atoms with E-state index in [1.54, 1.807) is 14.2 Å². The molecule has 1 heterocycles. The standard InChI is InChI=1S/C18H27NO6/c1-12-10-23-18(24-11-14-6-8-15(21-4)9-7-14)25-16(12)13(2)17(20)19(3)22-5/h6-9,12-13,16,18H,10-11H2,1-5H3/t12-,13+,16-,18+/m0/s1. The fourth-order valence-electron chi connectivity index (χ4n) is 2.73. The number of nitrogens with zero attached hydrogens (tertiary/aromatic N) is 1. The van der Waals surface area contributed by atoms with E-state index in [0.29, 0.717) is 13.2 Å². The van der Waals surface area contributed by atoms with E-state index in [2.05, 4.69) is 0 Å². The van der Waals surface area contributed by atoms with E-state index in [1.165, 1.54) is 12.2 Å². The topological polar surface area (TPSA) is 66.5 Å². The molecule has 0 aromatic heterocycles. The first kappa shape index (κ1) is 19.7. The molecule has 1 fully saturated rings. The average Bonchev–Trinajstić information content (AvgIpc) is 2.65. The molecule has 0 radical (unpaired) electrons. The molecule has 0 saturated carbocycles. The maximum atomic E-state index is 12.3. The summed E-state index contributed by atoms with van der Waals surface area (Å²) in [5, 5.41) is 1.21. The van der Waals surface area contributed by atoms with E-state index in [4.69, 9.17) is 23.8 Å². The van der Waals surface area contributed by atoms with Crippen LogP contribution in [0.5, 0.6) is 5.75 Å². The molecule has 140 valence electrons. The van der Waals surface area contributed by atoms with Gasteiger partial charge in [-0.15, -0.1) is 0 Å². The second-order valence-electron chi connectivity index (χ2n) is 6.17. The minimum atomic E-state index is -0.800. The molecule has 0 bridgehead atoms. The van der Waals surface area contributed by atoms with Gasteiger partial charge >= 0.3 is 0 Å². The normalized spacial score (nSPS) is 24.6. The van der Waals surface area contributed by atoms with Crippen molar-refractivity contribution in [2.45, 2.75) is 33.0 Å². The molecule has 4 atom stereocenters. The highest BCUT2D eigenvalue weighted by Crippen LogP contribution is 2.27. The van der Waals surface area contributed by atoms with Gasteiger partial charge < -0.3 is 18.9 Å². The zero-order chi connectivity index (χ0) is 18.4. The van der Waals surface area contributed by atoms with Crippen molar-refractivity contribution < 1.29 is 28.6 Å². The molecule has 0 spiro atoms. The second kappa shape index (κ2) is 9.15. The Balaban J connectivity index is 1.91. The van der Waals surface area contributed by atoms with Gasteiger partial charge in [-0.05, 0) is 17.7 Å². The van der Waals surface area contributed by atoms with E-state index in [1.807, 2.05) is 38.1 Å². The first-order chi connectivity index (χ1) is 12.0. The molecule has 7 nitrogen and oxygen atoms in total. The molecule has 0 unspecified atom stereocenters. The Hall–Kier alpha value is -1.67. The summed E-state index contributed by atoms with van der Waals surface area (Å²) >= 11 is 0. The molecule has 1 aromatic rings. The summed E-state index contributed by atoms with van der Waals surface area (Å²) in [4.78, 5) is 17.3. The molecular formula is C18H27NO6. The molecule has 2 rings (SSSR count). The van der Waals surface area contributed by atoms with Crippen molar-refractivity contribution in [3.8, 4) is 5.75 Å². The van der Waals surface area contributed by atoms with Gasteiger partial charge in [-0.1, -0.05) is 26.0 Å². The SMILES string of the molecule is COc1ccc(CO[C@H]2OC[C@H](C)[C@@H]([C@@H](C)C(=O)N(C)OC)O2)cc1. The van der Waals surface area contributed by atoms with Gasteiger partial charge in [0.2, 0.25) is 0 Å². The number of rotatable bonds is 7. The van der Waals surface area contributed by atoms with E-state index in [0.717, 1.165) is 11.3 Å². The van der Waals surface area contributed by atoms with Gasteiger partial charge in [-0.25, -0.2) is 5.06 Å². The van der Waals surface area contributed by atoms with Crippen molar-refractivity contribution in [1.29, 1.82) is 0 Å². The van der Waals surface area contributed by atoms with Crippen LogP contribution in [0.2, 0.25) is 0 Å². The number of methoxy groups -OCH3 is 1. The van der Waals surface area contributed by atoms with Crippen molar-refractivity contribution >= 4 is 5.91 Å². The highest BCUT2D eigenvalue weighted by atomic mass is 16.9. The van der Waals surface area contributed by atoms with Crippen LogP contribution in [0.25, 0.3) is 0 Å². The summed E-state index contributed by atoms with van der Waals surface area (Å²) in [5.74, 6) is 0.355. The lowest BCUT2D eigenvalue weighted by molar-refractivity contribution is -0.352. The smallest absolute Gasteiger partial charge is 0.272 e. The number of carbonyl (C=O) groups excluding carboxylic acids is 1. The molecule has 1 amide bonds. The largest absolute Gasteiger partial charge is 0.497 e. The number of hydroxylamine groups is 2. The summed E-state index contributed by atoms with van der Waals surface area (Å²) in [6.07, 6.45) is -0.306. The maximum Gasteiger partial charge on any atom is 0.272 e. The molecule has 0 N–H and O–H groups in total. The Labute approximate surface area is 148 Å². The lowest BCUT2D eigenvalue weighted by Crippen LogP contribution is -2.47. The maximum absolute atomic E-state index is 12.3. The van der Waals surface area contributed by atoms with Gasteiger partial charge in [-0.3, -0.25) is 9.63 Å². The zero-order valence-corrected chi connectivity index (χ0v) is 15.4. The van der Waals surface area contributed by atoms with Gasteiger partial charge in [0.05, 0.1) is 39.5 Å². The van der Waals surface area contributed by atoms with Crippen LogP contribution in [-0.4, -0.2) is 51.4 Å². The minimum absolute atomic E-state index is 0.0741. The zero-order valence-electron chi connectivity index (χ0n) is 15.4. The van der Waals surface area contributed by atoms with E-state index >= 15 is 0 Å². The predicted octanol–water partition coefficient (Wildman–Crippen LogP) is 2.20. The Kier molecular flexibility index (Phi) is 7.19. The van der Waals surface area contributed by atoms with Gasteiger partial charge in [-0.2, -0.15) is 0 Å². The quantitative estimate of drug-likeness (QED) is 0.700. The second-order valence-corrected chi connectivity index (χ2v) is 6.17. The Morgan fingerprint density at radius 3 is 2.60 bits per heavy atom. The molecule has 1 aromatic carbocycles. The molecule has 25 heavy (non-hydrogen) atoms. The van der Waals surface area contributed by atoms with Gasteiger partial charge in [0.1, 0.15) is 5.75 Å². The number of hydrogen-bond donors (Lipinski definition) is 0. The number of benzene rings is 1. The molecule has 7 heteroatoms. The van der Waals surface area contributed by atoms with E-state index in [-0.39, 0.29) is 23.8 Å². The van der Waals surface area contributed by atoms with E-state index < -0.39 is 6.48 Å². The summed E-state index contributed by atoms with van der Waals surface area (Å²) in [5.41, 5.74) is 0.978. The van der Waals surface area contributed by atoms with Crippen LogP contribution in [-0.2, 0) is 30.4 Å². The lowest BCUT2D eigenvalue weighted by atomic mass is 9.92. The van der Waals surface area contributed by atoms with Gasteiger partial charge in [0, 0.05) is 13.0 Å². The fourth-order valence-corrected chi connectivity index (χ4v) is 2.73. The molecular weight excluding hydrogens is 326 g/mol. The molecule has 1 saturated heterocycles. The van der Waals surface area contributed by atoms with Crippen molar-refractivity contribution in [2.24, 2.45) is 11.8 Å². The van der Waals surface area contributed by atoms with E-state index in [9.17, 15) is 4.79 Å². The van der Waals surface area contributed by atoms with Crippen molar-refractivity contribution in [3.63, 3.8) is 0 Å². The van der Waals surface area contributed by atoms with Crippen LogP contribution in [0.15, 0.2) is 24.3 Å². The number of hydrogen-bond acceptors (Lipinski definition) is 6. The third-order valence-electron chi connectivity index (χ3n) is 4.34.